The van der Waals surface area contributed by atoms with E-state index in [2.05, 4.69) is 21.2 Å². The highest BCUT2D eigenvalue weighted by atomic mass is 79.9. The first kappa shape index (κ1) is 14.8. The molecule has 0 bridgehead atoms. The van der Waals surface area contributed by atoms with Gasteiger partial charge in [-0.05, 0) is 58.2 Å². The zero-order chi connectivity index (χ0) is 15.7. The van der Waals surface area contributed by atoms with Gasteiger partial charge in [0.25, 0.3) is 5.91 Å². The number of benzene rings is 2. The van der Waals surface area contributed by atoms with Gasteiger partial charge in [0.05, 0.1) is 5.69 Å². The predicted molar refractivity (Wildman–Crippen MR) is 90.3 cm³/mol. The Kier molecular flexibility index (Phi) is 3.98. The van der Waals surface area contributed by atoms with Crippen LogP contribution in [0.4, 0.5) is 11.4 Å². The minimum atomic E-state index is -0.157. The van der Waals surface area contributed by atoms with Crippen LogP contribution in [0.2, 0.25) is 0 Å². The van der Waals surface area contributed by atoms with Gasteiger partial charge < -0.3 is 10.2 Å². The van der Waals surface area contributed by atoms with Crippen molar-refractivity contribution in [3.8, 4) is 0 Å². The van der Waals surface area contributed by atoms with Gasteiger partial charge in [-0.3, -0.25) is 9.59 Å². The van der Waals surface area contributed by atoms with Crippen molar-refractivity contribution >= 4 is 39.1 Å². The lowest BCUT2D eigenvalue weighted by atomic mass is 10.1. The van der Waals surface area contributed by atoms with Crippen LogP contribution in [0.15, 0.2) is 46.9 Å². The summed E-state index contributed by atoms with van der Waals surface area (Å²) in [5.74, 6) is -0.125. The maximum absolute atomic E-state index is 12.4. The topological polar surface area (TPSA) is 49.4 Å². The molecule has 5 heteroatoms. The molecule has 1 N–H and O–H groups in total. The molecule has 0 unspecified atom stereocenters. The molecule has 2 aromatic carbocycles. The Bertz CT molecular complexity index is 758. The number of nitrogens with one attached hydrogen (secondary N) is 1. The van der Waals surface area contributed by atoms with Crippen LogP contribution in [0.3, 0.4) is 0 Å². The molecule has 2 aromatic rings. The molecule has 22 heavy (non-hydrogen) atoms. The summed E-state index contributed by atoms with van der Waals surface area (Å²) in [4.78, 5) is 25.7. The molecule has 1 aliphatic heterocycles. The molecular weight excluding hydrogens is 344 g/mol. The molecule has 0 spiro atoms. The van der Waals surface area contributed by atoms with E-state index >= 15 is 0 Å². The molecular formula is C17H15BrN2O2. The van der Waals surface area contributed by atoms with Gasteiger partial charge in [-0.1, -0.05) is 12.1 Å². The van der Waals surface area contributed by atoms with Crippen molar-refractivity contribution in [3.05, 3.63) is 58.1 Å². The average Bonchev–Trinajstić information content (AvgIpc) is 2.92. The van der Waals surface area contributed by atoms with Gasteiger partial charge in [0.2, 0.25) is 5.91 Å². The Morgan fingerprint density at radius 2 is 1.95 bits per heavy atom. The Labute approximate surface area is 137 Å². The second kappa shape index (κ2) is 5.93. The van der Waals surface area contributed by atoms with E-state index in [-0.39, 0.29) is 11.8 Å². The van der Waals surface area contributed by atoms with E-state index in [1.54, 1.807) is 17.9 Å². The van der Waals surface area contributed by atoms with E-state index in [0.29, 0.717) is 12.1 Å². The number of rotatable bonds is 2. The van der Waals surface area contributed by atoms with Crippen molar-refractivity contribution in [2.24, 2.45) is 0 Å². The number of amides is 2. The fourth-order valence-corrected chi connectivity index (χ4v) is 3.01. The maximum Gasteiger partial charge on any atom is 0.255 e. The van der Waals surface area contributed by atoms with E-state index in [9.17, 15) is 9.59 Å². The normalized spacial score (nSPS) is 12.9. The first-order valence-corrected chi connectivity index (χ1v) is 7.82. The maximum atomic E-state index is 12.4. The van der Waals surface area contributed by atoms with Crippen LogP contribution in [-0.4, -0.2) is 18.4 Å². The van der Waals surface area contributed by atoms with Crippen LogP contribution in [0.1, 0.15) is 22.8 Å². The second-order valence-corrected chi connectivity index (χ2v) is 6.05. The zero-order valence-electron chi connectivity index (χ0n) is 12.1. The summed E-state index contributed by atoms with van der Waals surface area (Å²) in [6.07, 6.45) is 0.783. The summed E-state index contributed by atoms with van der Waals surface area (Å²) >= 11 is 3.41. The number of halogens is 1. The molecule has 0 atom stereocenters. The van der Waals surface area contributed by atoms with Crippen molar-refractivity contribution in [2.45, 2.75) is 13.3 Å². The van der Waals surface area contributed by atoms with Gasteiger partial charge in [0, 0.05) is 29.2 Å². The number of hydrogen-bond donors (Lipinski definition) is 1. The number of fused-ring (bicyclic) bond motifs is 1. The molecule has 1 heterocycles. The standard InChI is InChI=1S/C17H15BrN2O2/c1-11(21)20-9-8-12-10-13(6-7-16(12)20)17(22)19-15-5-3-2-4-14(15)18/h2-7,10H,8-9H2,1H3,(H,19,22). The highest BCUT2D eigenvalue weighted by Crippen LogP contribution is 2.29. The van der Waals surface area contributed by atoms with E-state index in [4.69, 9.17) is 0 Å². The van der Waals surface area contributed by atoms with Gasteiger partial charge in [-0.25, -0.2) is 0 Å². The number of para-hydroxylation sites is 1. The number of carbonyl (C=O) groups is 2. The molecule has 0 saturated carbocycles. The minimum absolute atomic E-state index is 0.0316. The molecule has 0 radical (unpaired) electrons. The first-order valence-electron chi connectivity index (χ1n) is 7.03. The molecule has 0 fully saturated rings. The Hall–Kier alpha value is -2.14. The summed E-state index contributed by atoms with van der Waals surface area (Å²) < 4.78 is 0.840. The third kappa shape index (κ3) is 2.76. The van der Waals surface area contributed by atoms with Crippen LogP contribution in [0, 0.1) is 0 Å². The summed E-state index contributed by atoms with van der Waals surface area (Å²) in [6.45, 7) is 2.24. The molecule has 0 aliphatic carbocycles. The van der Waals surface area contributed by atoms with Gasteiger partial charge in [-0.15, -0.1) is 0 Å². The molecule has 0 aromatic heterocycles. The van der Waals surface area contributed by atoms with Gasteiger partial charge >= 0.3 is 0 Å². The van der Waals surface area contributed by atoms with Crippen molar-refractivity contribution in [1.82, 2.24) is 0 Å². The molecule has 0 saturated heterocycles. The molecule has 3 rings (SSSR count). The Balaban J connectivity index is 1.83. The SMILES string of the molecule is CC(=O)N1CCc2cc(C(=O)Nc3ccccc3Br)ccc21. The number of hydrogen-bond acceptors (Lipinski definition) is 2. The smallest absolute Gasteiger partial charge is 0.255 e. The zero-order valence-corrected chi connectivity index (χ0v) is 13.7. The van der Waals surface area contributed by atoms with Crippen molar-refractivity contribution < 1.29 is 9.59 Å². The fraction of sp³-hybridized carbons (Fsp3) is 0.176. The number of nitrogens with zero attached hydrogens (tertiary/aromatic N) is 1. The van der Waals surface area contributed by atoms with Crippen LogP contribution in [0.25, 0.3) is 0 Å². The van der Waals surface area contributed by atoms with Crippen molar-refractivity contribution in [1.29, 1.82) is 0 Å². The second-order valence-electron chi connectivity index (χ2n) is 5.20. The highest BCUT2D eigenvalue weighted by molar-refractivity contribution is 9.10. The van der Waals surface area contributed by atoms with E-state index < -0.39 is 0 Å². The van der Waals surface area contributed by atoms with Gasteiger partial charge in [0.1, 0.15) is 0 Å². The Morgan fingerprint density at radius 3 is 2.68 bits per heavy atom. The quantitative estimate of drug-likeness (QED) is 0.891. The Morgan fingerprint density at radius 1 is 1.18 bits per heavy atom. The van der Waals surface area contributed by atoms with Gasteiger partial charge in [0.15, 0.2) is 0 Å². The average molecular weight is 359 g/mol. The van der Waals surface area contributed by atoms with Crippen LogP contribution in [0.5, 0.6) is 0 Å². The molecule has 4 nitrogen and oxygen atoms in total. The number of anilines is 2. The molecule has 1 aliphatic rings. The first-order chi connectivity index (χ1) is 10.6. The van der Waals surface area contributed by atoms with Crippen molar-refractivity contribution in [2.75, 3.05) is 16.8 Å². The highest BCUT2D eigenvalue weighted by Gasteiger charge is 2.23. The number of carbonyl (C=O) groups excluding carboxylic acids is 2. The molecule has 2 amide bonds. The van der Waals surface area contributed by atoms with Gasteiger partial charge in [-0.2, -0.15) is 0 Å². The lowest BCUT2D eigenvalue weighted by molar-refractivity contribution is -0.116. The lowest BCUT2D eigenvalue weighted by Crippen LogP contribution is -2.25. The summed E-state index contributed by atoms with van der Waals surface area (Å²) in [5, 5.41) is 2.89. The third-order valence-electron chi connectivity index (χ3n) is 3.74. The van der Waals surface area contributed by atoms with Crippen LogP contribution in [-0.2, 0) is 11.2 Å². The fourth-order valence-electron chi connectivity index (χ4n) is 2.63. The largest absolute Gasteiger partial charge is 0.321 e. The third-order valence-corrected chi connectivity index (χ3v) is 4.43. The lowest BCUT2D eigenvalue weighted by Gasteiger charge is -2.15. The van der Waals surface area contributed by atoms with Crippen LogP contribution >= 0.6 is 15.9 Å². The monoisotopic (exact) mass is 358 g/mol. The minimum Gasteiger partial charge on any atom is -0.321 e. The van der Waals surface area contributed by atoms with E-state index in [1.165, 1.54) is 0 Å². The van der Waals surface area contributed by atoms with Crippen molar-refractivity contribution in [3.63, 3.8) is 0 Å². The van der Waals surface area contributed by atoms with E-state index in [0.717, 1.165) is 27.8 Å². The summed E-state index contributed by atoms with van der Waals surface area (Å²) in [5.41, 5.74) is 3.28. The summed E-state index contributed by atoms with van der Waals surface area (Å²) in [6, 6.07) is 12.9. The summed E-state index contributed by atoms with van der Waals surface area (Å²) in [7, 11) is 0. The van der Waals surface area contributed by atoms with E-state index in [1.807, 2.05) is 36.4 Å². The predicted octanol–water partition coefficient (Wildman–Crippen LogP) is 3.61. The van der Waals surface area contributed by atoms with Crippen LogP contribution < -0.4 is 10.2 Å². The molecule has 112 valence electrons.